The molecule has 0 aliphatic heterocycles. The van der Waals surface area contributed by atoms with Crippen LogP contribution in [-0.4, -0.2) is 39.4 Å². The van der Waals surface area contributed by atoms with Crippen molar-refractivity contribution in [2.75, 3.05) is 26.1 Å². The van der Waals surface area contributed by atoms with E-state index in [1.165, 1.54) is 9.13 Å². The number of ether oxygens (including phenoxy) is 2. The number of hydrogen-bond donors (Lipinski definition) is 1. The molecule has 0 bridgehead atoms. The normalized spacial score (nSPS) is 11.1. The molecule has 0 amide bonds. The second-order valence-corrected chi connectivity index (χ2v) is 8.81. The lowest BCUT2D eigenvalue weighted by Crippen LogP contribution is -2.39. The van der Waals surface area contributed by atoms with E-state index in [4.69, 9.17) is 9.47 Å². The fourth-order valence-corrected chi connectivity index (χ4v) is 4.13. The molecule has 34 heavy (non-hydrogen) atoms. The predicted octanol–water partition coefficient (Wildman–Crippen LogP) is 2.92. The van der Waals surface area contributed by atoms with Crippen molar-refractivity contribution in [1.82, 2.24) is 18.7 Å². The van der Waals surface area contributed by atoms with Crippen LogP contribution in [0.1, 0.15) is 11.1 Å². The van der Waals surface area contributed by atoms with Crippen LogP contribution in [0.25, 0.3) is 11.2 Å². The summed E-state index contributed by atoms with van der Waals surface area (Å²) in [4.78, 5) is 30.7. The Kier molecular flexibility index (Phi) is 6.78. The molecule has 0 atom stereocenters. The lowest BCUT2D eigenvalue weighted by Gasteiger charge is -2.10. The lowest BCUT2D eigenvalue weighted by molar-refractivity contribution is 0.354. The third kappa shape index (κ3) is 4.45. The van der Waals surface area contributed by atoms with Crippen LogP contribution in [-0.2, 0) is 27.1 Å². The number of aromatic nitrogens is 4. The SMILES string of the molecule is COc1ccc(CCNc2nc3c(c(=O)n(Cc4ccc(Br)cc4)c(=O)n3C)n2C)cc1OC. The van der Waals surface area contributed by atoms with E-state index in [0.29, 0.717) is 41.6 Å². The Morgan fingerprint density at radius 1 is 0.941 bits per heavy atom. The monoisotopic (exact) mass is 527 g/mol. The highest BCUT2D eigenvalue weighted by Gasteiger charge is 2.18. The van der Waals surface area contributed by atoms with Gasteiger partial charge < -0.3 is 19.4 Å². The minimum Gasteiger partial charge on any atom is -0.493 e. The van der Waals surface area contributed by atoms with Crippen LogP contribution in [0.5, 0.6) is 11.5 Å². The summed E-state index contributed by atoms with van der Waals surface area (Å²) in [7, 11) is 6.60. The second kappa shape index (κ2) is 9.76. The standard InChI is InChI=1S/C24H26BrN5O4/c1-28-20-21(27-23(28)26-12-11-15-7-10-18(33-3)19(13-15)34-4)29(2)24(32)30(22(20)31)14-16-5-8-17(25)9-6-16/h5-10,13H,11-12,14H2,1-4H3,(H,26,27). The van der Waals surface area contributed by atoms with Gasteiger partial charge in [-0.05, 0) is 41.8 Å². The summed E-state index contributed by atoms with van der Waals surface area (Å²) in [6, 6.07) is 13.3. The quantitative estimate of drug-likeness (QED) is 0.378. The van der Waals surface area contributed by atoms with Crippen molar-refractivity contribution >= 4 is 33.0 Å². The summed E-state index contributed by atoms with van der Waals surface area (Å²) in [6.45, 7) is 0.760. The number of halogens is 1. The lowest BCUT2D eigenvalue weighted by atomic mass is 10.1. The Labute approximate surface area is 204 Å². The molecule has 1 N–H and O–H groups in total. The molecule has 4 rings (SSSR count). The number of methoxy groups -OCH3 is 2. The Hall–Kier alpha value is -3.53. The van der Waals surface area contributed by atoms with Crippen LogP contribution in [0.2, 0.25) is 0 Å². The molecule has 0 aliphatic carbocycles. The molecule has 0 unspecified atom stereocenters. The van der Waals surface area contributed by atoms with Crippen LogP contribution < -0.4 is 26.0 Å². The van der Waals surface area contributed by atoms with Crippen LogP contribution in [0, 0.1) is 0 Å². The van der Waals surface area contributed by atoms with Crippen LogP contribution in [0.4, 0.5) is 5.95 Å². The molecule has 0 saturated carbocycles. The molecule has 178 valence electrons. The molecule has 2 aromatic heterocycles. The van der Waals surface area contributed by atoms with Gasteiger partial charge in [-0.25, -0.2) is 4.79 Å². The van der Waals surface area contributed by atoms with E-state index in [0.717, 1.165) is 15.6 Å². The van der Waals surface area contributed by atoms with Crippen molar-refractivity contribution in [3.05, 3.63) is 78.9 Å². The van der Waals surface area contributed by atoms with Crippen molar-refractivity contribution in [3.8, 4) is 11.5 Å². The van der Waals surface area contributed by atoms with Gasteiger partial charge in [0.1, 0.15) is 0 Å². The van der Waals surface area contributed by atoms with Crippen molar-refractivity contribution < 1.29 is 9.47 Å². The van der Waals surface area contributed by atoms with Gasteiger partial charge in [0, 0.05) is 25.1 Å². The van der Waals surface area contributed by atoms with Gasteiger partial charge in [0.25, 0.3) is 5.56 Å². The number of fused-ring (bicyclic) bond motifs is 1. The maximum Gasteiger partial charge on any atom is 0.332 e. The summed E-state index contributed by atoms with van der Waals surface area (Å²) in [5.74, 6) is 1.86. The number of anilines is 1. The number of aryl methyl sites for hydroxylation is 2. The van der Waals surface area contributed by atoms with Gasteiger partial charge in [-0.15, -0.1) is 0 Å². The summed E-state index contributed by atoms with van der Waals surface area (Å²) in [5, 5.41) is 3.28. The highest BCUT2D eigenvalue weighted by molar-refractivity contribution is 9.10. The van der Waals surface area contributed by atoms with Gasteiger partial charge in [-0.1, -0.05) is 34.1 Å². The number of nitrogens with zero attached hydrogens (tertiary/aromatic N) is 4. The van der Waals surface area contributed by atoms with E-state index in [2.05, 4.69) is 26.2 Å². The Morgan fingerprint density at radius 3 is 2.29 bits per heavy atom. The van der Waals surface area contributed by atoms with Crippen molar-refractivity contribution in [2.45, 2.75) is 13.0 Å². The average Bonchev–Trinajstić information content (AvgIpc) is 3.17. The van der Waals surface area contributed by atoms with E-state index in [-0.39, 0.29) is 12.1 Å². The zero-order valence-electron chi connectivity index (χ0n) is 19.5. The van der Waals surface area contributed by atoms with Crippen LogP contribution in [0.3, 0.4) is 0 Å². The van der Waals surface area contributed by atoms with Gasteiger partial charge in [-0.3, -0.25) is 13.9 Å². The molecule has 4 aromatic rings. The summed E-state index contributed by atoms with van der Waals surface area (Å²) in [5.41, 5.74) is 1.86. The molecule has 10 heteroatoms. The van der Waals surface area contributed by atoms with Crippen molar-refractivity contribution in [3.63, 3.8) is 0 Å². The molecule has 9 nitrogen and oxygen atoms in total. The van der Waals surface area contributed by atoms with E-state index in [1.54, 1.807) is 32.9 Å². The second-order valence-electron chi connectivity index (χ2n) is 7.89. The number of imidazole rings is 1. The molecular formula is C24H26BrN5O4. The topological polar surface area (TPSA) is 92.3 Å². The summed E-state index contributed by atoms with van der Waals surface area (Å²) in [6.07, 6.45) is 0.705. The Morgan fingerprint density at radius 2 is 1.62 bits per heavy atom. The Bertz CT molecular complexity index is 1450. The maximum absolute atomic E-state index is 13.3. The smallest absolute Gasteiger partial charge is 0.332 e. The Balaban J connectivity index is 1.60. The molecular weight excluding hydrogens is 502 g/mol. The first-order valence-electron chi connectivity index (χ1n) is 10.7. The maximum atomic E-state index is 13.3. The molecule has 0 fully saturated rings. The molecule has 0 aliphatic rings. The minimum atomic E-state index is -0.407. The third-order valence-corrected chi connectivity index (χ3v) is 6.29. The minimum absolute atomic E-state index is 0.183. The zero-order valence-corrected chi connectivity index (χ0v) is 21.0. The van der Waals surface area contributed by atoms with Gasteiger partial charge in [0.15, 0.2) is 22.7 Å². The molecule has 0 saturated heterocycles. The summed E-state index contributed by atoms with van der Waals surface area (Å²) >= 11 is 3.40. The number of hydrogen-bond acceptors (Lipinski definition) is 6. The van der Waals surface area contributed by atoms with Gasteiger partial charge in [0.05, 0.1) is 20.8 Å². The van der Waals surface area contributed by atoms with Crippen LogP contribution >= 0.6 is 15.9 Å². The van der Waals surface area contributed by atoms with E-state index >= 15 is 0 Å². The highest BCUT2D eigenvalue weighted by atomic mass is 79.9. The zero-order chi connectivity index (χ0) is 24.4. The molecule has 2 aromatic carbocycles. The van der Waals surface area contributed by atoms with Gasteiger partial charge >= 0.3 is 5.69 Å². The number of benzene rings is 2. The molecule has 0 spiro atoms. The van der Waals surface area contributed by atoms with Gasteiger partial charge in [0.2, 0.25) is 5.95 Å². The number of nitrogens with one attached hydrogen (secondary N) is 1. The largest absolute Gasteiger partial charge is 0.493 e. The first kappa shape index (κ1) is 23.6. The van der Waals surface area contributed by atoms with Crippen molar-refractivity contribution in [1.29, 1.82) is 0 Å². The van der Waals surface area contributed by atoms with E-state index in [1.807, 2.05) is 42.5 Å². The molecule has 2 heterocycles. The summed E-state index contributed by atoms with van der Waals surface area (Å²) < 4.78 is 15.9. The first-order valence-corrected chi connectivity index (χ1v) is 11.5. The van der Waals surface area contributed by atoms with Crippen LogP contribution in [0.15, 0.2) is 56.5 Å². The number of rotatable bonds is 8. The fourth-order valence-electron chi connectivity index (χ4n) is 3.87. The van der Waals surface area contributed by atoms with E-state index < -0.39 is 5.69 Å². The van der Waals surface area contributed by atoms with E-state index in [9.17, 15) is 9.59 Å². The molecule has 0 radical (unpaired) electrons. The third-order valence-electron chi connectivity index (χ3n) is 5.76. The fraction of sp³-hybridized carbons (Fsp3) is 0.292. The average molecular weight is 528 g/mol. The first-order chi connectivity index (χ1) is 16.3. The predicted molar refractivity (Wildman–Crippen MR) is 135 cm³/mol. The van der Waals surface area contributed by atoms with Gasteiger partial charge in [-0.2, -0.15) is 4.98 Å². The highest BCUT2D eigenvalue weighted by Crippen LogP contribution is 2.27. The van der Waals surface area contributed by atoms with Crippen molar-refractivity contribution in [2.24, 2.45) is 14.1 Å².